The summed E-state index contributed by atoms with van der Waals surface area (Å²) in [6.45, 7) is 0.211. The van der Waals surface area contributed by atoms with E-state index in [0.717, 1.165) is 37.5 Å². The van der Waals surface area contributed by atoms with Gasteiger partial charge in [0.15, 0.2) is 0 Å². The van der Waals surface area contributed by atoms with Gasteiger partial charge >= 0.3 is 5.97 Å². The van der Waals surface area contributed by atoms with Crippen LogP contribution >= 0.6 is 0 Å². The fraction of sp³-hybridized carbons (Fsp3) is 0.417. The molecule has 2 rings (SSSR count). The van der Waals surface area contributed by atoms with Crippen LogP contribution in [0.4, 0.5) is 4.39 Å². The molecule has 0 heterocycles. The first kappa shape index (κ1) is 14.0. The molecule has 1 aliphatic rings. The number of primary sulfonamides is 1. The molecular weight excluding hydrogens is 273 g/mol. The number of halogens is 1. The standard InChI is InChI=1S/C12H14FNO4S/c13-11-4-3-9(19(14,16)17)7-10(11)12(15)18-6-5-8-1-2-8/h3-4,7-8H,1-2,5-6H2,(H2,14,16,17). The largest absolute Gasteiger partial charge is 0.462 e. The van der Waals surface area contributed by atoms with E-state index in [2.05, 4.69) is 0 Å². The summed E-state index contributed by atoms with van der Waals surface area (Å²) in [7, 11) is -3.97. The van der Waals surface area contributed by atoms with E-state index in [1.54, 1.807) is 0 Å². The van der Waals surface area contributed by atoms with E-state index in [4.69, 9.17) is 9.88 Å². The number of carbonyl (C=O) groups is 1. The molecule has 1 aliphatic carbocycles. The van der Waals surface area contributed by atoms with Crippen LogP contribution in [0.3, 0.4) is 0 Å². The second kappa shape index (κ2) is 5.26. The van der Waals surface area contributed by atoms with Gasteiger partial charge in [-0.3, -0.25) is 0 Å². The van der Waals surface area contributed by atoms with Gasteiger partial charge in [-0.1, -0.05) is 12.8 Å². The molecule has 0 unspecified atom stereocenters. The van der Waals surface area contributed by atoms with E-state index >= 15 is 0 Å². The van der Waals surface area contributed by atoms with Gasteiger partial charge < -0.3 is 4.74 Å². The van der Waals surface area contributed by atoms with Crippen molar-refractivity contribution in [3.05, 3.63) is 29.6 Å². The first-order valence-electron chi connectivity index (χ1n) is 5.87. The van der Waals surface area contributed by atoms with Crippen LogP contribution in [0.25, 0.3) is 0 Å². The van der Waals surface area contributed by atoms with Crippen LogP contribution in [-0.2, 0) is 14.8 Å². The Bertz CT molecular complexity index is 596. The van der Waals surface area contributed by atoms with Crippen molar-refractivity contribution in [1.82, 2.24) is 0 Å². The summed E-state index contributed by atoms with van der Waals surface area (Å²) in [5.74, 6) is -1.11. The van der Waals surface area contributed by atoms with E-state index in [-0.39, 0.29) is 11.5 Å². The van der Waals surface area contributed by atoms with Gasteiger partial charge in [-0.25, -0.2) is 22.7 Å². The summed E-state index contributed by atoms with van der Waals surface area (Å²) in [4.78, 5) is 11.3. The Morgan fingerprint density at radius 1 is 1.42 bits per heavy atom. The molecule has 0 spiro atoms. The highest BCUT2D eigenvalue weighted by molar-refractivity contribution is 7.89. The minimum atomic E-state index is -3.97. The lowest BCUT2D eigenvalue weighted by molar-refractivity contribution is 0.0489. The minimum Gasteiger partial charge on any atom is -0.462 e. The van der Waals surface area contributed by atoms with Gasteiger partial charge in [0, 0.05) is 0 Å². The Labute approximate surface area is 110 Å². The molecule has 0 bridgehead atoms. The highest BCUT2D eigenvalue weighted by Crippen LogP contribution is 2.32. The maximum atomic E-state index is 13.5. The van der Waals surface area contributed by atoms with Gasteiger partial charge in [0.1, 0.15) is 5.82 Å². The third-order valence-corrected chi connectivity index (χ3v) is 3.85. The SMILES string of the molecule is NS(=O)(=O)c1ccc(F)c(C(=O)OCCC2CC2)c1. The Balaban J connectivity index is 2.10. The number of sulfonamides is 1. The van der Waals surface area contributed by atoms with E-state index in [9.17, 15) is 17.6 Å². The second-order valence-electron chi connectivity index (χ2n) is 4.55. The molecule has 2 N–H and O–H groups in total. The number of hydrogen-bond donors (Lipinski definition) is 1. The first-order chi connectivity index (χ1) is 8.88. The summed E-state index contributed by atoms with van der Waals surface area (Å²) in [6.07, 6.45) is 3.02. The zero-order chi connectivity index (χ0) is 14.0. The molecule has 1 fully saturated rings. The van der Waals surface area contributed by atoms with E-state index < -0.39 is 27.4 Å². The van der Waals surface area contributed by atoms with Crippen LogP contribution < -0.4 is 5.14 Å². The van der Waals surface area contributed by atoms with Crippen LogP contribution in [-0.4, -0.2) is 21.0 Å². The molecule has 5 nitrogen and oxygen atoms in total. The van der Waals surface area contributed by atoms with Gasteiger partial charge in [-0.05, 0) is 30.5 Å². The van der Waals surface area contributed by atoms with Crippen LogP contribution in [0.15, 0.2) is 23.1 Å². The Hall–Kier alpha value is -1.47. The molecule has 0 aromatic heterocycles. The monoisotopic (exact) mass is 287 g/mol. The zero-order valence-electron chi connectivity index (χ0n) is 10.1. The van der Waals surface area contributed by atoms with Crippen LogP contribution in [0, 0.1) is 11.7 Å². The Morgan fingerprint density at radius 2 is 2.11 bits per heavy atom. The van der Waals surface area contributed by atoms with Crippen molar-refractivity contribution in [3.63, 3.8) is 0 Å². The maximum Gasteiger partial charge on any atom is 0.341 e. The predicted molar refractivity (Wildman–Crippen MR) is 65.4 cm³/mol. The molecular formula is C12H14FNO4S. The second-order valence-corrected chi connectivity index (χ2v) is 6.12. The van der Waals surface area contributed by atoms with Crippen molar-refractivity contribution >= 4 is 16.0 Å². The molecule has 104 valence electrons. The molecule has 0 radical (unpaired) electrons. The number of rotatable bonds is 5. The van der Waals surface area contributed by atoms with Gasteiger partial charge in [-0.15, -0.1) is 0 Å². The summed E-state index contributed by atoms with van der Waals surface area (Å²) in [5.41, 5.74) is -0.415. The molecule has 0 atom stereocenters. The molecule has 7 heteroatoms. The minimum absolute atomic E-state index is 0.211. The van der Waals surface area contributed by atoms with Crippen molar-refractivity contribution in [2.45, 2.75) is 24.2 Å². The van der Waals surface area contributed by atoms with Gasteiger partial charge in [0.05, 0.1) is 17.1 Å². The summed E-state index contributed by atoms with van der Waals surface area (Å²) in [6, 6.07) is 2.78. The molecule has 1 aromatic rings. The molecule has 1 aromatic carbocycles. The number of benzene rings is 1. The van der Waals surface area contributed by atoms with Crippen molar-refractivity contribution in [3.8, 4) is 0 Å². The van der Waals surface area contributed by atoms with Gasteiger partial charge in [0.2, 0.25) is 10.0 Å². The summed E-state index contributed by atoms with van der Waals surface area (Å²) in [5, 5.41) is 4.92. The lowest BCUT2D eigenvalue weighted by Crippen LogP contribution is -2.15. The number of esters is 1. The van der Waals surface area contributed by atoms with Crippen molar-refractivity contribution in [1.29, 1.82) is 0 Å². The molecule has 1 saturated carbocycles. The average molecular weight is 287 g/mol. The van der Waals surface area contributed by atoms with Crippen LogP contribution in [0.1, 0.15) is 29.6 Å². The molecule has 0 saturated heterocycles. The Morgan fingerprint density at radius 3 is 2.68 bits per heavy atom. The topological polar surface area (TPSA) is 86.5 Å². The van der Waals surface area contributed by atoms with Crippen LogP contribution in [0.2, 0.25) is 0 Å². The lowest BCUT2D eigenvalue weighted by Gasteiger charge is -2.06. The van der Waals surface area contributed by atoms with Crippen LogP contribution in [0.5, 0.6) is 0 Å². The van der Waals surface area contributed by atoms with Crippen molar-refractivity contribution in [2.24, 2.45) is 11.1 Å². The number of hydrogen-bond acceptors (Lipinski definition) is 4. The van der Waals surface area contributed by atoms with Gasteiger partial charge in [-0.2, -0.15) is 0 Å². The fourth-order valence-electron chi connectivity index (χ4n) is 1.64. The van der Waals surface area contributed by atoms with E-state index in [1.807, 2.05) is 0 Å². The van der Waals surface area contributed by atoms with Crippen molar-refractivity contribution in [2.75, 3.05) is 6.61 Å². The fourth-order valence-corrected chi connectivity index (χ4v) is 2.18. The maximum absolute atomic E-state index is 13.5. The van der Waals surface area contributed by atoms with Gasteiger partial charge in [0.25, 0.3) is 0 Å². The summed E-state index contributed by atoms with van der Waals surface area (Å²) >= 11 is 0. The number of ether oxygens (including phenoxy) is 1. The van der Waals surface area contributed by atoms with Crippen molar-refractivity contribution < 1.29 is 22.3 Å². The quantitative estimate of drug-likeness (QED) is 0.830. The highest BCUT2D eigenvalue weighted by atomic mass is 32.2. The average Bonchev–Trinajstić information content (AvgIpc) is 3.12. The molecule has 19 heavy (non-hydrogen) atoms. The third-order valence-electron chi connectivity index (χ3n) is 2.94. The molecule has 0 amide bonds. The molecule has 0 aliphatic heterocycles. The predicted octanol–water partition coefficient (Wildman–Crippen LogP) is 1.43. The highest BCUT2D eigenvalue weighted by Gasteiger charge is 2.22. The number of carbonyl (C=O) groups excluding carboxylic acids is 1. The lowest BCUT2D eigenvalue weighted by atomic mass is 10.2. The number of nitrogens with two attached hydrogens (primary N) is 1. The van der Waals surface area contributed by atoms with E-state index in [0.29, 0.717) is 5.92 Å². The first-order valence-corrected chi connectivity index (χ1v) is 7.42. The normalized spacial score (nSPS) is 15.3. The smallest absolute Gasteiger partial charge is 0.341 e. The summed E-state index contributed by atoms with van der Waals surface area (Å²) < 4.78 is 40.7. The third kappa shape index (κ3) is 3.74. The Kier molecular flexibility index (Phi) is 3.86. The van der Waals surface area contributed by atoms with E-state index in [1.165, 1.54) is 0 Å². The zero-order valence-corrected chi connectivity index (χ0v) is 11.0.